The summed E-state index contributed by atoms with van der Waals surface area (Å²) in [7, 11) is 3.51. The molecular weight excluding hydrogens is 478 g/mol. The van der Waals surface area contributed by atoms with Crippen molar-refractivity contribution in [3.8, 4) is 0 Å². The average Bonchev–Trinajstić information content (AvgIpc) is 3.11. The Kier molecular flexibility index (Phi) is 13.2. The fourth-order valence-electron chi connectivity index (χ4n) is 0.926. The van der Waals surface area contributed by atoms with Crippen LogP contribution in [0.15, 0.2) is 0 Å². The Hall–Kier alpha value is -2.08. The second-order valence-corrected chi connectivity index (χ2v) is 3.52. The van der Waals surface area contributed by atoms with Gasteiger partial charge >= 0.3 is 0 Å². The summed E-state index contributed by atoms with van der Waals surface area (Å²) in [5.41, 5.74) is 0. The van der Waals surface area contributed by atoms with E-state index in [1.807, 2.05) is 14.3 Å². The van der Waals surface area contributed by atoms with Crippen molar-refractivity contribution >= 4 is 19.7 Å². The Bertz CT molecular complexity index is 219. The fraction of sp³-hybridized carbons (Fsp3) is 0.800. The molecule has 1 aliphatic rings. The summed E-state index contributed by atoms with van der Waals surface area (Å²) in [4.78, 5) is 20.3. The quantitative estimate of drug-likeness (QED) is 0.128. The summed E-state index contributed by atoms with van der Waals surface area (Å²) in [6.07, 6.45) is 3.10. The summed E-state index contributed by atoms with van der Waals surface area (Å²) in [6, 6.07) is 0. The second-order valence-electron chi connectivity index (χ2n) is 3.52. The Morgan fingerprint density at radius 2 is 2.17 bits per heavy atom. The number of ether oxygens (including phenoxy) is 1. The van der Waals surface area contributed by atoms with Crippen molar-refractivity contribution < 1.29 is 14.3 Å². The zero-order valence-electron chi connectivity index (χ0n) is 10.7. The Balaban J connectivity index is 0. The molecule has 0 bridgehead atoms. The van der Waals surface area contributed by atoms with Gasteiger partial charge in [0.15, 0.2) is 0 Å². The number of hydrogen-bond acceptors (Lipinski definition) is 4. The standard InChI is InChI=1S/C6H12BN2O2.C4H8NO.Fm/c1-11-3-2-8-6(10)4-5-7-9-5;1-2-3-5-4-6;/h5,9H,2-4H2,1H3,(H,8,10);2-3H2,1H3,(H,5,6);/q;-1;. The van der Waals surface area contributed by atoms with E-state index in [4.69, 9.17) is 4.74 Å². The number of amides is 2. The molecule has 1 saturated heterocycles. The topological polar surface area (TPSA) is 89.4 Å². The molecule has 1 aliphatic heterocycles. The molecule has 6 nitrogen and oxygen atoms in total. The van der Waals surface area contributed by atoms with Gasteiger partial charge in [-0.05, 0) is 18.9 Å². The predicted octanol–water partition coefficient (Wildman–Crippen LogP) is -1.26. The number of carbonyl (C=O) groups excluding carboxylic acids is 2. The number of methoxy groups -OCH3 is 1. The van der Waals surface area contributed by atoms with Gasteiger partial charge < -0.3 is 25.4 Å². The maximum absolute atomic E-state index is 10.9. The van der Waals surface area contributed by atoms with E-state index in [0.29, 0.717) is 25.5 Å². The SMILES string of the molecule is CCCN[C-]=O.COCCNC(=O)CC1[B]N1.[Fm]. The van der Waals surface area contributed by atoms with Crippen LogP contribution in [0.1, 0.15) is 19.8 Å². The zero-order chi connectivity index (χ0) is 12.9. The molecule has 1 fully saturated rings. The van der Waals surface area contributed by atoms with Gasteiger partial charge in [0, 0.05) is 20.1 Å². The maximum Gasteiger partial charge on any atom is 0.223 e. The third kappa shape index (κ3) is 13.9. The molecule has 3 N–H and O–H groups in total. The molecule has 0 spiro atoms. The molecule has 1 rings (SSSR count). The molecule has 109 valence electrons. The van der Waals surface area contributed by atoms with Gasteiger partial charge in [-0.3, -0.25) is 4.79 Å². The largest absolute Gasteiger partial charge is 0.530 e. The van der Waals surface area contributed by atoms with Crippen molar-refractivity contribution in [3.63, 3.8) is 0 Å². The van der Waals surface area contributed by atoms with Crippen LogP contribution in [0.25, 0.3) is 0 Å². The van der Waals surface area contributed by atoms with Crippen molar-refractivity contribution in [2.45, 2.75) is 25.7 Å². The molecule has 1 radical (unpaired) electrons. The first-order valence-electron chi connectivity index (χ1n) is 5.69. The summed E-state index contributed by atoms with van der Waals surface area (Å²) in [6.45, 7) is 3.91. The van der Waals surface area contributed by atoms with E-state index < -0.39 is 0 Å². The third-order valence-corrected chi connectivity index (χ3v) is 1.88. The van der Waals surface area contributed by atoms with Gasteiger partial charge in [0.05, 0.1) is 6.61 Å². The molecule has 8 heteroatoms. The van der Waals surface area contributed by atoms with E-state index in [2.05, 4.69) is 15.9 Å². The molecule has 0 aliphatic carbocycles. The molecule has 2 amide bonds. The van der Waals surface area contributed by atoms with Crippen LogP contribution in [-0.2, 0) is 14.3 Å². The van der Waals surface area contributed by atoms with Crippen LogP contribution in [-0.4, -0.2) is 52.5 Å². The van der Waals surface area contributed by atoms with Crippen molar-refractivity contribution in [2.75, 3.05) is 26.8 Å². The van der Waals surface area contributed by atoms with Gasteiger partial charge in [-0.1, -0.05) is 6.92 Å². The zero-order valence-corrected chi connectivity index (χ0v) is 13.1. The number of rotatable bonds is 8. The van der Waals surface area contributed by atoms with Crippen molar-refractivity contribution in [1.29, 1.82) is 0 Å². The van der Waals surface area contributed by atoms with E-state index in [0.717, 1.165) is 13.0 Å². The third-order valence-electron chi connectivity index (χ3n) is 1.88. The molecule has 0 saturated carbocycles. The number of nitrogens with one attached hydrogen (secondary N) is 3. The van der Waals surface area contributed by atoms with E-state index in [1.54, 1.807) is 13.5 Å². The first-order chi connectivity index (χ1) is 8.24. The minimum atomic E-state index is 0. The van der Waals surface area contributed by atoms with Crippen LogP contribution in [0.5, 0.6) is 0 Å². The van der Waals surface area contributed by atoms with Crippen molar-refractivity contribution in [3.05, 3.63) is 0 Å². The Labute approximate surface area is 103 Å². The predicted molar refractivity (Wildman–Crippen MR) is 66.2 cm³/mol. The van der Waals surface area contributed by atoms with Gasteiger partial charge in [0.1, 0.15) is 0 Å². The first-order valence-corrected chi connectivity index (χ1v) is 5.69. The summed E-state index contributed by atoms with van der Waals surface area (Å²) in [5.74, 6) is 0.380. The van der Waals surface area contributed by atoms with Crippen LogP contribution >= 0.6 is 0 Å². The van der Waals surface area contributed by atoms with Gasteiger partial charge in [-0.15, -0.1) is 0 Å². The average molecular weight is 498 g/mol. The van der Waals surface area contributed by atoms with Gasteiger partial charge in [0.2, 0.25) is 13.3 Å². The molecule has 18 heavy (non-hydrogen) atoms. The van der Waals surface area contributed by atoms with E-state index in [9.17, 15) is 9.59 Å². The normalized spacial score (nSPS) is 15.1. The van der Waals surface area contributed by atoms with E-state index >= 15 is 0 Å². The monoisotopic (exact) mass is 498 g/mol. The second kappa shape index (κ2) is 13.0. The summed E-state index contributed by atoms with van der Waals surface area (Å²) in [5, 5.41) is 8.06. The Morgan fingerprint density at radius 3 is 2.56 bits per heavy atom. The molecule has 0 aromatic rings. The number of hydrogen-bond donors (Lipinski definition) is 3. The van der Waals surface area contributed by atoms with Gasteiger partial charge in [0.25, 0.3) is 0 Å². The first kappa shape index (κ1) is 18.3. The minimum Gasteiger partial charge on any atom is -0.530 e. The van der Waals surface area contributed by atoms with Crippen molar-refractivity contribution in [1.82, 2.24) is 15.9 Å². The van der Waals surface area contributed by atoms with Gasteiger partial charge in [-0.2, -0.15) is 6.41 Å². The summed E-state index contributed by atoms with van der Waals surface area (Å²) < 4.78 is 4.77. The minimum absolute atomic E-state index is 0. The van der Waals surface area contributed by atoms with Crippen LogP contribution in [0.4, 0.5) is 0 Å². The maximum atomic E-state index is 10.9. The molecular formula is C10H20BFmN3O3-. The molecule has 1 unspecified atom stereocenters. The van der Waals surface area contributed by atoms with Crippen LogP contribution in [0.2, 0.25) is 0 Å². The molecule has 0 aromatic carbocycles. The summed E-state index contributed by atoms with van der Waals surface area (Å²) >= 11 is 0. The van der Waals surface area contributed by atoms with E-state index in [1.165, 1.54) is 0 Å². The van der Waals surface area contributed by atoms with Crippen LogP contribution in [0, 0.1) is 0 Å². The molecule has 1 heterocycles. The van der Waals surface area contributed by atoms with E-state index in [-0.39, 0.29) is 5.91 Å². The van der Waals surface area contributed by atoms with Crippen LogP contribution < -0.4 is 15.9 Å². The Morgan fingerprint density at radius 1 is 1.50 bits per heavy atom. The smallest absolute Gasteiger partial charge is 0.223 e. The number of carbonyl (C=O) groups is 1. The van der Waals surface area contributed by atoms with Crippen molar-refractivity contribution in [2.24, 2.45) is 0 Å². The fourth-order valence-corrected chi connectivity index (χ4v) is 0.926. The molecule has 1 atom stereocenters. The van der Waals surface area contributed by atoms with Crippen LogP contribution in [0.3, 0.4) is 0 Å². The van der Waals surface area contributed by atoms with Gasteiger partial charge in [-0.25, -0.2) is 0 Å². The molecule has 0 aromatic heterocycles.